The number of aliphatic carboxylic acids is 1. The van der Waals surface area contributed by atoms with Crippen LogP contribution in [-0.2, 0) is 14.8 Å². The number of likely N-dealkylation sites (N-methyl/N-ethyl adjacent to an activating group) is 1. The van der Waals surface area contributed by atoms with E-state index in [1.807, 2.05) is 0 Å². The Morgan fingerprint density at radius 1 is 1.29 bits per heavy atom. The van der Waals surface area contributed by atoms with Crippen molar-refractivity contribution >= 4 is 31.9 Å². The van der Waals surface area contributed by atoms with Crippen LogP contribution in [0.25, 0.3) is 0 Å². The van der Waals surface area contributed by atoms with E-state index in [0.29, 0.717) is 5.75 Å². The van der Waals surface area contributed by atoms with Gasteiger partial charge in [0.15, 0.2) is 11.5 Å². The highest BCUT2D eigenvalue weighted by Crippen LogP contribution is 2.36. The van der Waals surface area contributed by atoms with Crippen molar-refractivity contribution in [2.24, 2.45) is 0 Å². The zero-order valence-corrected chi connectivity index (χ0v) is 14.4. The largest absolute Gasteiger partial charge is 0.493 e. The molecular weight excluding hydrogens is 366 g/mol. The van der Waals surface area contributed by atoms with E-state index in [9.17, 15) is 13.2 Å². The molecule has 0 bridgehead atoms. The number of hydrogen-bond donors (Lipinski definition) is 1. The molecule has 1 N–H and O–H groups in total. The van der Waals surface area contributed by atoms with E-state index in [-0.39, 0.29) is 15.1 Å². The predicted octanol–water partition coefficient (Wildman–Crippen LogP) is 1.56. The van der Waals surface area contributed by atoms with Crippen LogP contribution in [0.2, 0.25) is 0 Å². The van der Waals surface area contributed by atoms with Crippen LogP contribution in [0, 0.1) is 0 Å². The van der Waals surface area contributed by atoms with Gasteiger partial charge in [0.05, 0.1) is 14.2 Å². The lowest BCUT2D eigenvalue weighted by atomic mass is 10.3. The molecule has 0 heterocycles. The fourth-order valence-corrected chi connectivity index (χ4v) is 3.87. The molecule has 1 aromatic rings. The molecule has 0 saturated heterocycles. The number of carboxylic acid groups (broad SMARTS) is 1. The van der Waals surface area contributed by atoms with Crippen LogP contribution in [0.15, 0.2) is 21.5 Å². The molecule has 0 fully saturated rings. The molecule has 0 amide bonds. The number of carbonyl (C=O) groups is 1. The number of benzene rings is 1. The monoisotopic (exact) mass is 381 g/mol. The summed E-state index contributed by atoms with van der Waals surface area (Å²) in [7, 11) is 0.0126. The summed E-state index contributed by atoms with van der Waals surface area (Å²) in [5.74, 6) is -0.648. The van der Waals surface area contributed by atoms with Crippen molar-refractivity contribution in [3.05, 3.63) is 16.6 Å². The summed E-state index contributed by atoms with van der Waals surface area (Å²) < 4.78 is 36.2. The maximum Gasteiger partial charge on any atom is 0.321 e. The Morgan fingerprint density at radius 2 is 1.76 bits per heavy atom. The van der Waals surface area contributed by atoms with Crippen molar-refractivity contribution in [1.82, 2.24) is 4.31 Å². The molecule has 9 heteroatoms. The zero-order chi connectivity index (χ0) is 16.4. The Kier molecular flexibility index (Phi) is 5.60. The SMILES string of the molecule is COc1cc(Br)c(S(=O)(=O)N(C)C(C)C(=O)O)cc1OC. The summed E-state index contributed by atoms with van der Waals surface area (Å²) >= 11 is 3.15. The molecule has 0 spiro atoms. The van der Waals surface area contributed by atoms with E-state index in [2.05, 4.69) is 15.9 Å². The normalized spacial score (nSPS) is 13.0. The Balaban J connectivity index is 3.41. The summed E-state index contributed by atoms with van der Waals surface area (Å²) in [6.07, 6.45) is 0. The third-order valence-electron chi connectivity index (χ3n) is 3.00. The first-order chi connectivity index (χ1) is 9.66. The first kappa shape index (κ1) is 17.7. The average Bonchev–Trinajstić information content (AvgIpc) is 2.44. The van der Waals surface area contributed by atoms with E-state index in [1.54, 1.807) is 0 Å². The number of hydrogen-bond acceptors (Lipinski definition) is 5. The van der Waals surface area contributed by atoms with Gasteiger partial charge >= 0.3 is 5.97 Å². The number of sulfonamides is 1. The zero-order valence-electron chi connectivity index (χ0n) is 12.0. The molecule has 7 nitrogen and oxygen atoms in total. The van der Waals surface area contributed by atoms with Crippen molar-refractivity contribution in [3.8, 4) is 11.5 Å². The molecule has 0 radical (unpaired) electrons. The molecule has 118 valence electrons. The quantitative estimate of drug-likeness (QED) is 0.803. The van der Waals surface area contributed by atoms with Crippen LogP contribution in [0.1, 0.15) is 6.92 Å². The highest BCUT2D eigenvalue weighted by atomic mass is 79.9. The standard InChI is InChI=1S/C12H16BrNO6S/c1-7(12(15)16)14(2)21(17,18)11-6-10(20-4)9(19-3)5-8(11)13/h5-7H,1-4H3,(H,15,16). The molecule has 0 aliphatic heterocycles. The molecule has 0 aliphatic carbocycles. The van der Waals surface area contributed by atoms with Crippen molar-refractivity contribution in [1.29, 1.82) is 0 Å². The number of halogens is 1. The van der Waals surface area contributed by atoms with E-state index >= 15 is 0 Å². The summed E-state index contributed by atoms with van der Waals surface area (Å²) in [4.78, 5) is 10.9. The molecule has 1 atom stereocenters. The molecule has 1 unspecified atom stereocenters. The van der Waals surface area contributed by atoms with Crippen molar-refractivity contribution in [3.63, 3.8) is 0 Å². The fourth-order valence-electron chi connectivity index (χ4n) is 1.55. The number of rotatable bonds is 6. The van der Waals surface area contributed by atoms with Gasteiger partial charge in [0.2, 0.25) is 10.0 Å². The molecule has 0 aromatic heterocycles. The van der Waals surface area contributed by atoms with Gasteiger partial charge in [0.1, 0.15) is 10.9 Å². The van der Waals surface area contributed by atoms with Gasteiger partial charge in [-0.2, -0.15) is 4.31 Å². The smallest absolute Gasteiger partial charge is 0.321 e. The number of methoxy groups -OCH3 is 2. The van der Waals surface area contributed by atoms with Gasteiger partial charge in [-0.3, -0.25) is 4.79 Å². The van der Waals surface area contributed by atoms with Gasteiger partial charge in [-0.25, -0.2) is 8.42 Å². The molecule has 0 saturated carbocycles. The number of nitrogens with zero attached hydrogens (tertiary/aromatic N) is 1. The molecular formula is C12H16BrNO6S. The Labute approximate surface area is 131 Å². The minimum atomic E-state index is -4.00. The third kappa shape index (κ3) is 3.47. The van der Waals surface area contributed by atoms with Crippen LogP contribution in [0.4, 0.5) is 0 Å². The molecule has 21 heavy (non-hydrogen) atoms. The third-order valence-corrected chi connectivity index (χ3v) is 5.88. The molecule has 0 aliphatic rings. The fraction of sp³-hybridized carbons (Fsp3) is 0.417. The molecule has 1 aromatic carbocycles. The first-order valence-corrected chi connectivity index (χ1v) is 8.02. The maximum absolute atomic E-state index is 12.5. The van der Waals surface area contributed by atoms with Gasteiger partial charge in [-0.15, -0.1) is 0 Å². The number of ether oxygens (including phenoxy) is 2. The average molecular weight is 382 g/mol. The maximum atomic E-state index is 12.5. The van der Waals surface area contributed by atoms with Crippen LogP contribution in [-0.4, -0.2) is 51.1 Å². The predicted molar refractivity (Wildman–Crippen MR) is 79.3 cm³/mol. The molecule has 1 rings (SSSR count). The van der Waals surface area contributed by atoms with E-state index in [4.69, 9.17) is 14.6 Å². The van der Waals surface area contributed by atoms with Crippen LogP contribution in [0.3, 0.4) is 0 Å². The number of carboxylic acids is 1. The van der Waals surface area contributed by atoms with Gasteiger partial charge < -0.3 is 14.6 Å². The Bertz CT molecular complexity index is 645. The summed E-state index contributed by atoms with van der Waals surface area (Å²) in [6.45, 7) is 1.29. The Hall–Kier alpha value is -1.32. The van der Waals surface area contributed by atoms with Crippen molar-refractivity contribution < 1.29 is 27.8 Å². The minimum Gasteiger partial charge on any atom is -0.493 e. The lowest BCUT2D eigenvalue weighted by Gasteiger charge is -2.22. The van der Waals surface area contributed by atoms with Crippen LogP contribution in [0.5, 0.6) is 11.5 Å². The summed E-state index contributed by atoms with van der Waals surface area (Å²) in [6, 6.07) is 1.53. The Morgan fingerprint density at radius 3 is 2.19 bits per heavy atom. The summed E-state index contributed by atoms with van der Waals surface area (Å²) in [5.41, 5.74) is 0. The topological polar surface area (TPSA) is 93.1 Å². The van der Waals surface area contributed by atoms with Crippen molar-refractivity contribution in [2.45, 2.75) is 17.9 Å². The van der Waals surface area contributed by atoms with Gasteiger partial charge in [0.25, 0.3) is 0 Å². The highest BCUT2D eigenvalue weighted by Gasteiger charge is 2.31. The first-order valence-electron chi connectivity index (χ1n) is 5.79. The van der Waals surface area contributed by atoms with Gasteiger partial charge in [-0.05, 0) is 28.9 Å². The second-order valence-corrected chi connectivity index (χ2v) is 6.99. The second kappa shape index (κ2) is 6.63. The van der Waals surface area contributed by atoms with Crippen LogP contribution >= 0.6 is 15.9 Å². The van der Waals surface area contributed by atoms with Gasteiger partial charge in [0, 0.05) is 17.6 Å². The van der Waals surface area contributed by atoms with Crippen molar-refractivity contribution in [2.75, 3.05) is 21.3 Å². The minimum absolute atomic E-state index is 0.101. The highest BCUT2D eigenvalue weighted by molar-refractivity contribution is 9.10. The lowest BCUT2D eigenvalue weighted by Crippen LogP contribution is -2.40. The van der Waals surface area contributed by atoms with E-state index in [0.717, 1.165) is 4.31 Å². The summed E-state index contributed by atoms with van der Waals surface area (Å²) in [5, 5.41) is 8.95. The van der Waals surface area contributed by atoms with E-state index < -0.39 is 22.0 Å². The van der Waals surface area contributed by atoms with Gasteiger partial charge in [-0.1, -0.05) is 0 Å². The van der Waals surface area contributed by atoms with Crippen LogP contribution < -0.4 is 9.47 Å². The van der Waals surface area contributed by atoms with E-state index in [1.165, 1.54) is 40.3 Å². The lowest BCUT2D eigenvalue weighted by molar-refractivity contribution is -0.140. The second-order valence-electron chi connectivity index (χ2n) is 4.17.